The van der Waals surface area contributed by atoms with Crippen LogP contribution in [0.5, 0.6) is 0 Å². The zero-order valence-electron chi connectivity index (χ0n) is 17.7. The third-order valence-corrected chi connectivity index (χ3v) is 5.65. The summed E-state index contributed by atoms with van der Waals surface area (Å²) in [5.41, 5.74) is 4.97. The second-order valence-corrected chi connectivity index (χ2v) is 8.41. The molecule has 3 rings (SSSR count). The number of hydrogen-bond donors (Lipinski definition) is 1. The number of hydrogen-bond acceptors (Lipinski definition) is 2. The van der Waals surface area contributed by atoms with Crippen molar-refractivity contribution >= 4 is 22.8 Å². The molecule has 1 aliphatic carbocycles. The SMILES string of the molecule is CCNC(=O)c1ccc2coc(C=C(C)C=CC3=C(C)CCCC3(C)C)c2c1. The topological polar surface area (TPSA) is 42.2 Å². The predicted molar refractivity (Wildman–Crippen MR) is 117 cm³/mol. The van der Waals surface area contributed by atoms with Crippen molar-refractivity contribution in [1.29, 1.82) is 0 Å². The van der Waals surface area contributed by atoms with Gasteiger partial charge >= 0.3 is 0 Å². The van der Waals surface area contributed by atoms with Gasteiger partial charge in [-0.25, -0.2) is 0 Å². The molecule has 0 radical (unpaired) electrons. The van der Waals surface area contributed by atoms with Crippen molar-refractivity contribution in [2.24, 2.45) is 5.41 Å². The van der Waals surface area contributed by atoms with Crippen LogP contribution in [0.2, 0.25) is 0 Å². The zero-order valence-corrected chi connectivity index (χ0v) is 17.7. The summed E-state index contributed by atoms with van der Waals surface area (Å²) < 4.78 is 5.78. The van der Waals surface area contributed by atoms with Crippen molar-refractivity contribution in [3.05, 3.63) is 64.7 Å². The van der Waals surface area contributed by atoms with E-state index < -0.39 is 0 Å². The maximum atomic E-state index is 12.1. The average Bonchev–Trinajstić information content (AvgIpc) is 3.03. The molecule has 1 aromatic heterocycles. The molecular weight excluding hydrogens is 346 g/mol. The minimum Gasteiger partial charge on any atom is -0.464 e. The first-order valence-corrected chi connectivity index (χ1v) is 10.2. The average molecular weight is 378 g/mol. The number of nitrogens with one attached hydrogen (secondary N) is 1. The maximum Gasteiger partial charge on any atom is 0.251 e. The van der Waals surface area contributed by atoms with Gasteiger partial charge in [0.25, 0.3) is 5.91 Å². The van der Waals surface area contributed by atoms with Crippen LogP contribution >= 0.6 is 0 Å². The molecule has 1 aromatic carbocycles. The van der Waals surface area contributed by atoms with Gasteiger partial charge in [0.1, 0.15) is 5.76 Å². The molecule has 1 N–H and O–H groups in total. The Morgan fingerprint density at radius 1 is 1.32 bits per heavy atom. The normalized spacial score (nSPS) is 17.5. The third kappa shape index (κ3) is 4.30. The Morgan fingerprint density at radius 2 is 2.11 bits per heavy atom. The number of amides is 1. The van der Waals surface area contributed by atoms with E-state index in [1.54, 1.807) is 6.26 Å². The molecule has 3 nitrogen and oxygen atoms in total. The zero-order chi connectivity index (χ0) is 20.3. The molecule has 0 saturated heterocycles. The first-order chi connectivity index (χ1) is 13.3. The van der Waals surface area contributed by atoms with Crippen LogP contribution < -0.4 is 5.32 Å². The van der Waals surface area contributed by atoms with Gasteiger partial charge in [-0.2, -0.15) is 0 Å². The largest absolute Gasteiger partial charge is 0.464 e. The monoisotopic (exact) mass is 377 g/mol. The van der Waals surface area contributed by atoms with Crippen LogP contribution in [0.4, 0.5) is 0 Å². The summed E-state index contributed by atoms with van der Waals surface area (Å²) in [6.07, 6.45) is 11.9. The molecule has 0 bridgehead atoms. The lowest BCUT2D eigenvalue weighted by atomic mass is 9.72. The van der Waals surface area contributed by atoms with Gasteiger partial charge in [-0.15, -0.1) is 0 Å². The summed E-state index contributed by atoms with van der Waals surface area (Å²) in [4.78, 5) is 12.1. The Morgan fingerprint density at radius 3 is 2.82 bits per heavy atom. The molecule has 0 unspecified atom stereocenters. The molecule has 0 aliphatic heterocycles. The van der Waals surface area contributed by atoms with E-state index in [0.29, 0.717) is 12.1 Å². The van der Waals surface area contributed by atoms with Crippen molar-refractivity contribution in [2.75, 3.05) is 6.54 Å². The van der Waals surface area contributed by atoms with Gasteiger partial charge in [0, 0.05) is 22.9 Å². The number of allylic oxidation sites excluding steroid dienone is 5. The number of benzene rings is 1. The summed E-state index contributed by atoms with van der Waals surface area (Å²) >= 11 is 0. The standard InChI is InChI=1S/C25H31NO2/c1-6-26-24(27)19-10-11-20-16-28-23(21(20)15-19)14-17(2)9-12-22-18(3)8-7-13-25(22,4)5/h9-12,14-16H,6-8,13H2,1-5H3,(H,26,27). The van der Waals surface area contributed by atoms with Crippen LogP contribution in [0.1, 0.15) is 70.0 Å². The van der Waals surface area contributed by atoms with Crippen LogP contribution in [0.15, 0.2) is 57.8 Å². The molecule has 1 aliphatic rings. The van der Waals surface area contributed by atoms with Crippen LogP contribution in [-0.4, -0.2) is 12.5 Å². The van der Waals surface area contributed by atoms with E-state index in [0.717, 1.165) is 22.1 Å². The Hall–Kier alpha value is -2.55. The van der Waals surface area contributed by atoms with Crippen molar-refractivity contribution in [1.82, 2.24) is 5.32 Å². The Labute approximate surface area is 168 Å². The van der Waals surface area contributed by atoms with E-state index in [1.165, 1.54) is 30.4 Å². The third-order valence-electron chi connectivity index (χ3n) is 5.65. The summed E-state index contributed by atoms with van der Waals surface area (Å²) in [6, 6.07) is 5.68. The predicted octanol–water partition coefficient (Wildman–Crippen LogP) is 6.67. The molecule has 0 saturated carbocycles. The fourth-order valence-electron chi connectivity index (χ4n) is 4.06. The van der Waals surface area contributed by atoms with Crippen LogP contribution in [0.25, 0.3) is 16.8 Å². The Balaban J connectivity index is 1.89. The summed E-state index contributed by atoms with van der Waals surface area (Å²) in [7, 11) is 0. The lowest BCUT2D eigenvalue weighted by Crippen LogP contribution is -2.22. The smallest absolute Gasteiger partial charge is 0.251 e. The first-order valence-electron chi connectivity index (χ1n) is 10.2. The number of carbonyl (C=O) groups is 1. The van der Waals surface area contributed by atoms with Gasteiger partial charge in [0.2, 0.25) is 0 Å². The van der Waals surface area contributed by atoms with E-state index in [2.05, 4.69) is 45.2 Å². The van der Waals surface area contributed by atoms with Gasteiger partial charge in [-0.3, -0.25) is 4.79 Å². The second kappa shape index (κ2) is 8.22. The first kappa shape index (κ1) is 20.2. The van der Waals surface area contributed by atoms with E-state index in [1.807, 2.05) is 31.2 Å². The van der Waals surface area contributed by atoms with Crippen molar-refractivity contribution in [2.45, 2.75) is 53.9 Å². The van der Waals surface area contributed by atoms with Crippen LogP contribution in [0.3, 0.4) is 0 Å². The van der Waals surface area contributed by atoms with Crippen molar-refractivity contribution in [3.63, 3.8) is 0 Å². The summed E-state index contributed by atoms with van der Waals surface area (Å²) in [5.74, 6) is 0.732. The highest BCUT2D eigenvalue weighted by Crippen LogP contribution is 2.40. The van der Waals surface area contributed by atoms with Crippen LogP contribution in [-0.2, 0) is 0 Å². The molecule has 0 spiro atoms. The van der Waals surface area contributed by atoms with E-state index >= 15 is 0 Å². The highest BCUT2D eigenvalue weighted by molar-refractivity contribution is 6.00. The quantitative estimate of drug-likeness (QED) is 0.591. The van der Waals surface area contributed by atoms with E-state index in [-0.39, 0.29) is 11.3 Å². The molecule has 148 valence electrons. The Bertz CT molecular complexity index is 970. The van der Waals surface area contributed by atoms with Crippen molar-refractivity contribution in [3.8, 4) is 0 Å². The van der Waals surface area contributed by atoms with E-state index in [9.17, 15) is 4.79 Å². The van der Waals surface area contributed by atoms with Gasteiger partial charge in [0.15, 0.2) is 0 Å². The van der Waals surface area contributed by atoms with Gasteiger partial charge < -0.3 is 9.73 Å². The molecule has 28 heavy (non-hydrogen) atoms. The van der Waals surface area contributed by atoms with Gasteiger partial charge in [-0.1, -0.05) is 37.6 Å². The molecule has 1 heterocycles. The van der Waals surface area contributed by atoms with Crippen LogP contribution in [0, 0.1) is 5.41 Å². The fourth-order valence-corrected chi connectivity index (χ4v) is 4.06. The highest BCUT2D eigenvalue weighted by Gasteiger charge is 2.26. The molecule has 0 fully saturated rings. The summed E-state index contributed by atoms with van der Waals surface area (Å²) in [5, 5.41) is 4.81. The van der Waals surface area contributed by atoms with E-state index in [4.69, 9.17) is 4.42 Å². The minimum atomic E-state index is -0.0564. The van der Waals surface area contributed by atoms with Gasteiger partial charge in [-0.05, 0) is 74.8 Å². The molecule has 1 amide bonds. The lowest BCUT2D eigenvalue weighted by Gasteiger charge is -2.32. The number of fused-ring (bicyclic) bond motifs is 1. The fraction of sp³-hybridized carbons (Fsp3) is 0.400. The molecule has 3 heteroatoms. The number of carbonyl (C=O) groups excluding carboxylic acids is 1. The number of furan rings is 1. The molecular formula is C25H31NO2. The Kier molecular flexibility index (Phi) is 5.93. The summed E-state index contributed by atoms with van der Waals surface area (Å²) in [6.45, 7) is 11.5. The minimum absolute atomic E-state index is 0.0564. The molecule has 0 atom stereocenters. The van der Waals surface area contributed by atoms with Gasteiger partial charge in [0.05, 0.1) is 6.26 Å². The second-order valence-electron chi connectivity index (χ2n) is 8.41. The maximum absolute atomic E-state index is 12.1. The van der Waals surface area contributed by atoms with Crippen molar-refractivity contribution < 1.29 is 9.21 Å². The lowest BCUT2D eigenvalue weighted by molar-refractivity contribution is 0.0956. The number of rotatable bonds is 5. The molecule has 2 aromatic rings. The highest BCUT2D eigenvalue weighted by atomic mass is 16.3.